The highest BCUT2D eigenvalue weighted by Gasteiger charge is 2.38. The lowest BCUT2D eigenvalue weighted by atomic mass is 9.99. The number of likely N-dealkylation sites (N-methyl/N-ethyl adjacent to an activating group) is 1. The average molecular weight is 360 g/mol. The van der Waals surface area contributed by atoms with Crippen LogP contribution in [0.2, 0.25) is 0 Å². The summed E-state index contributed by atoms with van der Waals surface area (Å²) in [6.45, 7) is 0.422. The van der Waals surface area contributed by atoms with Gasteiger partial charge in [0.05, 0.1) is 11.6 Å². The zero-order valence-corrected chi connectivity index (χ0v) is 14.1. The van der Waals surface area contributed by atoms with E-state index in [1.807, 2.05) is 0 Å². The number of carbonyl (C=O) groups excluding carboxylic acids is 1. The van der Waals surface area contributed by atoms with Crippen molar-refractivity contribution in [2.45, 2.75) is 25.0 Å². The van der Waals surface area contributed by atoms with E-state index in [4.69, 9.17) is 5.11 Å². The first-order valence-corrected chi connectivity index (χ1v) is 8.13. The molecule has 2 N–H and O–H groups in total. The lowest BCUT2D eigenvalue weighted by Gasteiger charge is -2.26. The summed E-state index contributed by atoms with van der Waals surface area (Å²) in [5.41, 5.74) is 1.58. The Kier molecular flexibility index (Phi) is 4.99. The minimum atomic E-state index is -0.995. The number of carbonyl (C=O) groups is 2. The van der Waals surface area contributed by atoms with Crippen LogP contribution >= 0.6 is 0 Å². The molecule has 0 spiro atoms. The zero-order valence-electron chi connectivity index (χ0n) is 14.1. The predicted molar refractivity (Wildman–Crippen MR) is 90.5 cm³/mol. The number of carboxylic acid groups (broad SMARTS) is 1. The minimum Gasteiger partial charge on any atom is -0.478 e. The summed E-state index contributed by atoms with van der Waals surface area (Å²) < 4.78 is 26.8. The second kappa shape index (κ2) is 7.21. The first-order valence-electron chi connectivity index (χ1n) is 8.13. The van der Waals surface area contributed by atoms with Crippen molar-refractivity contribution in [2.24, 2.45) is 0 Å². The zero-order chi connectivity index (χ0) is 18.8. The van der Waals surface area contributed by atoms with Gasteiger partial charge in [-0.2, -0.15) is 0 Å². The van der Waals surface area contributed by atoms with Crippen molar-refractivity contribution in [3.8, 4) is 0 Å². The number of rotatable bonds is 5. The normalized spacial score (nSPS) is 19.8. The van der Waals surface area contributed by atoms with Crippen molar-refractivity contribution in [3.05, 3.63) is 70.8 Å². The van der Waals surface area contributed by atoms with E-state index in [9.17, 15) is 18.4 Å². The van der Waals surface area contributed by atoms with Crippen LogP contribution in [0.3, 0.4) is 0 Å². The molecule has 1 aliphatic heterocycles. The molecule has 7 heteroatoms. The maximum atomic E-state index is 13.6. The van der Waals surface area contributed by atoms with Gasteiger partial charge >= 0.3 is 5.97 Å². The summed E-state index contributed by atoms with van der Waals surface area (Å²) in [4.78, 5) is 24.5. The van der Waals surface area contributed by atoms with E-state index in [0.29, 0.717) is 12.1 Å². The molecule has 2 atom stereocenters. The molecule has 0 aromatic heterocycles. The number of nitrogens with one attached hydrogen (secondary N) is 1. The van der Waals surface area contributed by atoms with Crippen molar-refractivity contribution < 1.29 is 23.5 Å². The Balaban J connectivity index is 1.75. The second-order valence-corrected chi connectivity index (χ2v) is 6.32. The standard InChI is InChI=1S/C19H18F2N2O3/c1-23-17(24)9-16(18(23)13-6-7-14(20)15(21)8-13)22-10-11-2-4-12(5-3-11)19(25)26/h2-8,16,18,22H,9-10H2,1H3,(H,25,26). The molecule has 1 amide bonds. The van der Waals surface area contributed by atoms with Gasteiger partial charge < -0.3 is 15.3 Å². The molecule has 2 aromatic carbocycles. The third-order valence-corrected chi connectivity index (χ3v) is 4.64. The first kappa shape index (κ1) is 18.0. The molecule has 3 rings (SSSR count). The Hall–Kier alpha value is -2.80. The highest BCUT2D eigenvalue weighted by atomic mass is 19.2. The van der Waals surface area contributed by atoms with Crippen LogP contribution in [0.1, 0.15) is 33.9 Å². The lowest BCUT2D eigenvalue weighted by Crippen LogP contribution is -2.34. The third kappa shape index (κ3) is 3.57. The van der Waals surface area contributed by atoms with Crippen molar-refractivity contribution in [3.63, 3.8) is 0 Å². The van der Waals surface area contributed by atoms with E-state index in [-0.39, 0.29) is 23.9 Å². The van der Waals surface area contributed by atoms with E-state index in [2.05, 4.69) is 5.32 Å². The molecule has 0 bridgehead atoms. The van der Waals surface area contributed by atoms with Crippen molar-refractivity contribution in [2.75, 3.05) is 7.05 Å². The fraction of sp³-hybridized carbons (Fsp3) is 0.263. The van der Waals surface area contributed by atoms with Gasteiger partial charge in [0.25, 0.3) is 0 Å². The molecule has 2 unspecified atom stereocenters. The summed E-state index contributed by atoms with van der Waals surface area (Å²) in [6, 6.07) is 9.40. The Labute approximate surface area is 149 Å². The molecule has 1 aliphatic rings. The summed E-state index contributed by atoms with van der Waals surface area (Å²) in [5.74, 6) is -2.95. The maximum Gasteiger partial charge on any atom is 0.335 e. The number of hydrogen-bond acceptors (Lipinski definition) is 3. The van der Waals surface area contributed by atoms with Crippen LogP contribution < -0.4 is 5.32 Å². The second-order valence-electron chi connectivity index (χ2n) is 6.32. The summed E-state index contributed by atoms with van der Waals surface area (Å²) in [6.07, 6.45) is 0.243. The Morgan fingerprint density at radius 2 is 1.88 bits per heavy atom. The van der Waals surface area contributed by atoms with E-state index in [0.717, 1.165) is 17.7 Å². The van der Waals surface area contributed by atoms with Gasteiger partial charge in [-0.3, -0.25) is 4.79 Å². The Bertz CT molecular complexity index is 839. The van der Waals surface area contributed by atoms with Gasteiger partial charge in [0, 0.05) is 26.1 Å². The largest absolute Gasteiger partial charge is 0.478 e. The molecule has 136 valence electrons. The number of likely N-dealkylation sites (tertiary alicyclic amines) is 1. The molecule has 2 aromatic rings. The number of amides is 1. The van der Waals surface area contributed by atoms with Gasteiger partial charge in [0.15, 0.2) is 11.6 Å². The van der Waals surface area contributed by atoms with Gasteiger partial charge in [0.1, 0.15) is 0 Å². The molecule has 0 aliphatic carbocycles. The van der Waals surface area contributed by atoms with E-state index >= 15 is 0 Å². The fourth-order valence-electron chi connectivity index (χ4n) is 3.22. The molecular weight excluding hydrogens is 342 g/mol. The van der Waals surface area contributed by atoms with Crippen LogP contribution in [0.5, 0.6) is 0 Å². The minimum absolute atomic E-state index is 0.0848. The predicted octanol–water partition coefficient (Wildman–Crippen LogP) is 2.72. The fourth-order valence-corrected chi connectivity index (χ4v) is 3.22. The van der Waals surface area contributed by atoms with Crippen LogP contribution in [0.25, 0.3) is 0 Å². The highest BCUT2D eigenvalue weighted by Crippen LogP contribution is 2.32. The van der Waals surface area contributed by atoms with Crippen molar-refractivity contribution in [1.82, 2.24) is 10.2 Å². The SMILES string of the molecule is CN1C(=O)CC(NCc2ccc(C(=O)O)cc2)C1c1ccc(F)c(F)c1. The molecule has 26 heavy (non-hydrogen) atoms. The van der Waals surface area contributed by atoms with Crippen molar-refractivity contribution >= 4 is 11.9 Å². The van der Waals surface area contributed by atoms with E-state index < -0.39 is 23.6 Å². The molecule has 5 nitrogen and oxygen atoms in total. The maximum absolute atomic E-state index is 13.6. The average Bonchev–Trinajstić information content (AvgIpc) is 2.90. The number of aromatic carboxylic acids is 1. The Morgan fingerprint density at radius 3 is 2.50 bits per heavy atom. The topological polar surface area (TPSA) is 69.6 Å². The van der Waals surface area contributed by atoms with Gasteiger partial charge in [0.2, 0.25) is 5.91 Å². The number of halogens is 2. The number of carboxylic acids is 1. The van der Waals surface area contributed by atoms with E-state index in [1.54, 1.807) is 19.2 Å². The molecule has 0 radical (unpaired) electrons. The smallest absolute Gasteiger partial charge is 0.335 e. The van der Waals surface area contributed by atoms with Gasteiger partial charge in [-0.25, -0.2) is 13.6 Å². The van der Waals surface area contributed by atoms with Crippen LogP contribution in [-0.4, -0.2) is 35.0 Å². The molecule has 1 heterocycles. The first-order chi connectivity index (χ1) is 12.4. The highest BCUT2D eigenvalue weighted by molar-refractivity contribution is 5.87. The third-order valence-electron chi connectivity index (χ3n) is 4.64. The van der Waals surface area contributed by atoms with Gasteiger partial charge in [-0.15, -0.1) is 0 Å². The summed E-state index contributed by atoms with van der Waals surface area (Å²) >= 11 is 0. The molecule has 0 saturated carbocycles. The van der Waals surface area contributed by atoms with Gasteiger partial charge in [-0.05, 0) is 35.4 Å². The monoisotopic (exact) mass is 360 g/mol. The number of nitrogens with zero attached hydrogens (tertiary/aromatic N) is 1. The van der Waals surface area contributed by atoms with Gasteiger partial charge in [-0.1, -0.05) is 18.2 Å². The van der Waals surface area contributed by atoms with Crippen LogP contribution in [0.15, 0.2) is 42.5 Å². The van der Waals surface area contributed by atoms with E-state index in [1.165, 1.54) is 23.1 Å². The quantitative estimate of drug-likeness (QED) is 0.860. The lowest BCUT2D eigenvalue weighted by molar-refractivity contribution is -0.127. The van der Waals surface area contributed by atoms with Crippen LogP contribution in [-0.2, 0) is 11.3 Å². The molecule has 1 fully saturated rings. The molecule has 1 saturated heterocycles. The Morgan fingerprint density at radius 1 is 1.19 bits per heavy atom. The van der Waals surface area contributed by atoms with Crippen LogP contribution in [0, 0.1) is 11.6 Å². The number of benzene rings is 2. The van der Waals surface area contributed by atoms with Crippen LogP contribution in [0.4, 0.5) is 8.78 Å². The molecular formula is C19H18F2N2O3. The van der Waals surface area contributed by atoms with Crippen molar-refractivity contribution in [1.29, 1.82) is 0 Å². The summed E-state index contributed by atoms with van der Waals surface area (Å²) in [7, 11) is 1.64. The summed E-state index contributed by atoms with van der Waals surface area (Å²) in [5, 5.41) is 12.2. The number of hydrogen-bond donors (Lipinski definition) is 2.